The number of H-pyrrole nitrogens is 2. The van der Waals surface area contributed by atoms with Crippen LogP contribution in [0.15, 0.2) is 18.6 Å². The Morgan fingerprint density at radius 3 is 2.88 bits per heavy atom. The molecular weight excluding hydrogens is 356 g/mol. The molecule has 9 nitrogen and oxygen atoms in total. The fourth-order valence-electron chi connectivity index (χ4n) is 3.70. The summed E-state index contributed by atoms with van der Waals surface area (Å²) in [5.41, 5.74) is 0.937. The average Bonchev–Trinajstić information content (AvgIpc) is 3.06. The van der Waals surface area contributed by atoms with Gasteiger partial charge in [0.25, 0.3) is 5.91 Å². The first-order valence-corrected chi connectivity index (χ1v) is 8.92. The molecule has 0 radical (unpaired) electrons. The molecule has 1 aliphatic heterocycles. The maximum atomic E-state index is 12.8. The summed E-state index contributed by atoms with van der Waals surface area (Å²) in [4.78, 5) is 32.7. The molecule has 1 spiro atoms. The summed E-state index contributed by atoms with van der Waals surface area (Å²) in [6.07, 6.45) is 5.65. The van der Waals surface area contributed by atoms with E-state index >= 15 is 0 Å². The van der Waals surface area contributed by atoms with Crippen molar-refractivity contribution in [3.63, 3.8) is 0 Å². The summed E-state index contributed by atoms with van der Waals surface area (Å²) >= 11 is 5.77. The third-order valence-electron chi connectivity index (χ3n) is 5.22. The molecule has 3 aromatic heterocycles. The van der Waals surface area contributed by atoms with E-state index in [0.29, 0.717) is 19.6 Å². The van der Waals surface area contributed by atoms with Crippen molar-refractivity contribution in [1.82, 2.24) is 35.0 Å². The number of fused-ring (bicyclic) bond motifs is 1. The highest BCUT2D eigenvalue weighted by molar-refractivity contribution is 6.28. The van der Waals surface area contributed by atoms with E-state index in [-0.39, 0.29) is 22.4 Å². The van der Waals surface area contributed by atoms with Gasteiger partial charge in [0.2, 0.25) is 11.1 Å². The van der Waals surface area contributed by atoms with E-state index in [1.165, 1.54) is 0 Å². The monoisotopic (exact) mass is 372 g/mol. The van der Waals surface area contributed by atoms with Gasteiger partial charge in [-0.3, -0.25) is 4.79 Å². The summed E-state index contributed by atoms with van der Waals surface area (Å²) in [7, 11) is 0. The Hall–Kier alpha value is -2.68. The van der Waals surface area contributed by atoms with Gasteiger partial charge in [-0.05, 0) is 30.5 Å². The second-order valence-electron chi connectivity index (χ2n) is 7.04. The van der Waals surface area contributed by atoms with Crippen LogP contribution in [-0.2, 0) is 0 Å². The molecule has 4 heterocycles. The fourth-order valence-corrected chi connectivity index (χ4v) is 3.82. The molecule has 1 aliphatic carbocycles. The highest BCUT2D eigenvalue weighted by Crippen LogP contribution is 2.48. The number of carbonyl (C=O) groups excluding carboxylic acids is 1. The predicted molar refractivity (Wildman–Crippen MR) is 95.1 cm³/mol. The molecule has 1 amide bonds. The zero-order valence-corrected chi connectivity index (χ0v) is 14.7. The van der Waals surface area contributed by atoms with Gasteiger partial charge >= 0.3 is 0 Å². The van der Waals surface area contributed by atoms with Gasteiger partial charge < -0.3 is 14.8 Å². The number of amides is 1. The van der Waals surface area contributed by atoms with Gasteiger partial charge in [0.1, 0.15) is 17.8 Å². The lowest BCUT2D eigenvalue weighted by Gasteiger charge is -2.25. The van der Waals surface area contributed by atoms with Gasteiger partial charge in [0.05, 0.1) is 5.39 Å². The molecule has 2 fully saturated rings. The zero-order chi connectivity index (χ0) is 17.7. The number of rotatable bonds is 2. The van der Waals surface area contributed by atoms with Gasteiger partial charge in [-0.2, -0.15) is 4.98 Å². The van der Waals surface area contributed by atoms with Crippen molar-refractivity contribution >= 4 is 34.4 Å². The quantitative estimate of drug-likeness (QED) is 0.705. The molecule has 5 rings (SSSR count). The van der Waals surface area contributed by atoms with Crippen LogP contribution in [0.25, 0.3) is 11.0 Å². The SMILES string of the molecule is O=C(c1n[nH]c(Cl)n1)N1CCN(c2ncnc3[nH]ccc23)CC2(CC2)C1. The lowest BCUT2D eigenvalue weighted by atomic mass is 10.1. The standard InChI is InChI=1S/C16H17ClN8O/c17-15-21-12(22-23-15)14(26)25-6-5-24(7-16(8-25)2-3-16)13-10-1-4-18-11(10)19-9-20-13/h1,4,9H,2-3,5-8H2,(H,18,19,20)(H,21,22,23). The predicted octanol–water partition coefficient (Wildman–Crippen LogP) is 1.47. The van der Waals surface area contributed by atoms with Gasteiger partial charge in [0, 0.05) is 37.8 Å². The molecule has 1 saturated carbocycles. The number of nitrogens with one attached hydrogen (secondary N) is 2. The number of hydrogen-bond acceptors (Lipinski definition) is 6. The first-order valence-electron chi connectivity index (χ1n) is 8.54. The van der Waals surface area contributed by atoms with E-state index < -0.39 is 0 Å². The number of carbonyl (C=O) groups is 1. The Morgan fingerprint density at radius 2 is 2.12 bits per heavy atom. The first-order chi connectivity index (χ1) is 12.6. The molecule has 0 unspecified atom stereocenters. The van der Waals surface area contributed by atoms with Crippen LogP contribution < -0.4 is 4.90 Å². The summed E-state index contributed by atoms with van der Waals surface area (Å²) in [6, 6.07) is 1.99. The summed E-state index contributed by atoms with van der Waals surface area (Å²) in [5.74, 6) is 0.850. The van der Waals surface area contributed by atoms with E-state index in [1.54, 1.807) is 6.33 Å². The second-order valence-corrected chi connectivity index (χ2v) is 7.39. The van der Waals surface area contributed by atoms with Crippen LogP contribution in [0, 0.1) is 5.41 Å². The van der Waals surface area contributed by atoms with Crippen LogP contribution in [0.1, 0.15) is 23.5 Å². The number of anilines is 1. The summed E-state index contributed by atoms with van der Waals surface area (Å²) < 4.78 is 0. The minimum Gasteiger partial charge on any atom is -0.354 e. The lowest BCUT2D eigenvalue weighted by Crippen LogP contribution is -2.37. The van der Waals surface area contributed by atoms with Crippen molar-refractivity contribution < 1.29 is 4.79 Å². The first kappa shape index (κ1) is 15.6. The van der Waals surface area contributed by atoms with Crippen molar-refractivity contribution in [3.05, 3.63) is 29.7 Å². The molecule has 134 valence electrons. The Kier molecular flexibility index (Phi) is 3.39. The van der Waals surface area contributed by atoms with Crippen molar-refractivity contribution in [3.8, 4) is 0 Å². The second kappa shape index (κ2) is 5.66. The zero-order valence-electron chi connectivity index (χ0n) is 13.9. The Bertz CT molecular complexity index is 977. The minimum absolute atomic E-state index is 0.111. The van der Waals surface area contributed by atoms with Crippen LogP contribution in [0.3, 0.4) is 0 Å². The topological polar surface area (TPSA) is 107 Å². The number of aromatic nitrogens is 6. The largest absolute Gasteiger partial charge is 0.354 e. The highest BCUT2D eigenvalue weighted by atomic mass is 35.5. The molecule has 0 bridgehead atoms. The number of nitrogens with zero attached hydrogens (tertiary/aromatic N) is 6. The molecule has 3 aromatic rings. The minimum atomic E-state index is -0.184. The lowest BCUT2D eigenvalue weighted by molar-refractivity contribution is 0.0729. The number of halogens is 1. The maximum absolute atomic E-state index is 12.8. The maximum Gasteiger partial charge on any atom is 0.293 e. The van der Waals surface area contributed by atoms with Crippen LogP contribution >= 0.6 is 11.6 Å². The molecule has 0 aromatic carbocycles. The van der Waals surface area contributed by atoms with E-state index in [4.69, 9.17) is 11.6 Å². The number of hydrogen-bond donors (Lipinski definition) is 2. The molecule has 2 aliphatic rings. The molecule has 0 atom stereocenters. The third kappa shape index (κ3) is 2.59. The van der Waals surface area contributed by atoms with Gasteiger partial charge in [-0.1, -0.05) is 0 Å². The third-order valence-corrected chi connectivity index (χ3v) is 5.39. The van der Waals surface area contributed by atoms with Crippen LogP contribution in [-0.4, -0.2) is 67.1 Å². The smallest absolute Gasteiger partial charge is 0.293 e. The van der Waals surface area contributed by atoms with E-state index in [1.807, 2.05) is 17.2 Å². The van der Waals surface area contributed by atoms with Gasteiger partial charge in [0.15, 0.2) is 0 Å². The highest BCUT2D eigenvalue weighted by Gasteiger charge is 2.48. The summed E-state index contributed by atoms with van der Waals surface area (Å²) in [6.45, 7) is 2.87. The molecule has 1 saturated heterocycles. The summed E-state index contributed by atoms with van der Waals surface area (Å²) in [5, 5.41) is 7.55. The van der Waals surface area contributed by atoms with Crippen LogP contribution in [0.5, 0.6) is 0 Å². The molecule has 2 N–H and O–H groups in total. The van der Waals surface area contributed by atoms with E-state index in [0.717, 1.165) is 36.2 Å². The number of aromatic amines is 2. The van der Waals surface area contributed by atoms with Gasteiger partial charge in [-0.25, -0.2) is 15.1 Å². The van der Waals surface area contributed by atoms with E-state index in [9.17, 15) is 4.79 Å². The Balaban J connectivity index is 1.44. The molecular formula is C16H17ClN8O. The molecule has 26 heavy (non-hydrogen) atoms. The average molecular weight is 373 g/mol. The van der Waals surface area contributed by atoms with Crippen molar-refractivity contribution in [2.45, 2.75) is 12.8 Å². The van der Waals surface area contributed by atoms with Crippen LogP contribution in [0.2, 0.25) is 5.28 Å². The van der Waals surface area contributed by atoms with E-state index in [2.05, 4.69) is 35.0 Å². The Morgan fingerprint density at radius 1 is 1.23 bits per heavy atom. The fraction of sp³-hybridized carbons (Fsp3) is 0.438. The molecule has 10 heteroatoms. The van der Waals surface area contributed by atoms with Crippen LogP contribution in [0.4, 0.5) is 5.82 Å². The van der Waals surface area contributed by atoms with Crippen molar-refractivity contribution in [2.75, 3.05) is 31.1 Å². The van der Waals surface area contributed by atoms with Gasteiger partial charge in [-0.15, -0.1) is 5.10 Å². The van der Waals surface area contributed by atoms with Crippen molar-refractivity contribution in [2.24, 2.45) is 5.41 Å². The normalized spacial score (nSPS) is 19.1. The Labute approximate surface area is 153 Å². The van der Waals surface area contributed by atoms with Crippen molar-refractivity contribution in [1.29, 1.82) is 0 Å².